The van der Waals surface area contributed by atoms with Crippen molar-refractivity contribution in [3.8, 4) is 0 Å². The molecule has 0 aromatic heterocycles. The zero-order valence-corrected chi connectivity index (χ0v) is 16.5. The molecule has 1 aromatic carbocycles. The Morgan fingerprint density at radius 1 is 1.07 bits per heavy atom. The second kappa shape index (κ2) is 12.5. The molecule has 1 N–H and O–H groups in total. The van der Waals surface area contributed by atoms with Crippen LogP contribution in [0, 0.1) is 0 Å². The van der Waals surface area contributed by atoms with Crippen LogP contribution in [0.5, 0.6) is 0 Å². The number of rotatable bonds is 10. The zero-order valence-electron chi connectivity index (χ0n) is 16.5. The predicted octanol–water partition coefficient (Wildman–Crippen LogP) is 2.91. The Bertz CT molecular complexity index is 689. The molecule has 0 radical (unpaired) electrons. The monoisotopic (exact) mass is 389 g/mol. The summed E-state index contributed by atoms with van der Waals surface area (Å²) >= 11 is 0. The van der Waals surface area contributed by atoms with Gasteiger partial charge in [-0.2, -0.15) is 0 Å². The molecule has 152 valence electrons. The molecule has 0 aliphatic carbocycles. The summed E-state index contributed by atoms with van der Waals surface area (Å²) in [6, 6.07) is 9.38. The number of amides is 1. The summed E-state index contributed by atoms with van der Waals surface area (Å²) in [5.41, 5.74) is 0.485. The third-order valence-corrected chi connectivity index (χ3v) is 3.11. The Morgan fingerprint density at radius 2 is 1.79 bits per heavy atom. The summed E-state index contributed by atoms with van der Waals surface area (Å²) in [5, 5.41) is 2.56. The van der Waals surface area contributed by atoms with Crippen LogP contribution in [0.2, 0.25) is 0 Å². The lowest BCUT2D eigenvalue weighted by molar-refractivity contribution is -0.140. The first kappa shape index (κ1) is 23.1. The van der Waals surface area contributed by atoms with Gasteiger partial charge in [-0.3, -0.25) is 4.79 Å². The van der Waals surface area contributed by atoms with Crippen LogP contribution in [0.25, 0.3) is 6.08 Å². The van der Waals surface area contributed by atoms with Gasteiger partial charge in [0.25, 0.3) is 0 Å². The van der Waals surface area contributed by atoms with Crippen molar-refractivity contribution in [2.75, 3.05) is 26.4 Å². The molecule has 1 aromatic rings. The average Bonchev–Trinajstić information content (AvgIpc) is 2.63. The second-order valence-electron chi connectivity index (χ2n) is 6.68. The van der Waals surface area contributed by atoms with E-state index in [9.17, 15) is 14.4 Å². The number of hydrogen-bond donors (Lipinski definition) is 1. The summed E-state index contributed by atoms with van der Waals surface area (Å²) in [6.45, 7) is 6.05. The summed E-state index contributed by atoms with van der Waals surface area (Å²) in [6.07, 6.45) is 4.40. The lowest BCUT2D eigenvalue weighted by atomic mass is 10.1. The number of aldehydes is 1. The molecular formula is C21H27NO6. The molecule has 0 unspecified atom stereocenters. The van der Waals surface area contributed by atoms with Gasteiger partial charge in [0.2, 0.25) is 0 Å². The minimum absolute atomic E-state index is 0.0284. The van der Waals surface area contributed by atoms with E-state index in [2.05, 4.69) is 5.32 Å². The van der Waals surface area contributed by atoms with Gasteiger partial charge in [0.05, 0.1) is 18.8 Å². The topological polar surface area (TPSA) is 90.9 Å². The fraction of sp³-hybridized carbons (Fsp3) is 0.381. The molecule has 0 saturated carbocycles. The van der Waals surface area contributed by atoms with Crippen molar-refractivity contribution in [1.82, 2.24) is 5.32 Å². The van der Waals surface area contributed by atoms with Gasteiger partial charge in [0.15, 0.2) is 0 Å². The van der Waals surface area contributed by atoms with Gasteiger partial charge in [0, 0.05) is 6.54 Å². The average molecular weight is 389 g/mol. The molecule has 0 bridgehead atoms. The van der Waals surface area contributed by atoms with Crippen molar-refractivity contribution in [1.29, 1.82) is 0 Å². The van der Waals surface area contributed by atoms with Crippen LogP contribution in [0.4, 0.5) is 4.79 Å². The van der Waals surface area contributed by atoms with Gasteiger partial charge in [-0.1, -0.05) is 36.4 Å². The van der Waals surface area contributed by atoms with Crippen molar-refractivity contribution < 1.29 is 28.6 Å². The summed E-state index contributed by atoms with van der Waals surface area (Å²) in [7, 11) is 0. The SMILES string of the molecule is CC(C)(C)OC(=O)NCCOCCOC(=O)C(C=Cc1ccccc1)=CC=O. The van der Waals surface area contributed by atoms with E-state index in [1.54, 1.807) is 26.8 Å². The molecule has 0 saturated heterocycles. The van der Waals surface area contributed by atoms with Crippen LogP contribution in [-0.4, -0.2) is 50.3 Å². The fourth-order valence-electron chi connectivity index (χ4n) is 1.93. The Morgan fingerprint density at radius 3 is 2.43 bits per heavy atom. The number of alkyl carbamates (subject to hydrolysis) is 1. The number of carbonyl (C=O) groups excluding carboxylic acids is 3. The summed E-state index contributed by atoms with van der Waals surface area (Å²) in [5.74, 6) is -0.616. The molecule has 1 rings (SSSR count). The number of hydrogen-bond acceptors (Lipinski definition) is 6. The minimum atomic E-state index is -0.616. The molecule has 0 heterocycles. The highest BCUT2D eigenvalue weighted by molar-refractivity contribution is 5.96. The fourth-order valence-corrected chi connectivity index (χ4v) is 1.93. The number of esters is 1. The second-order valence-corrected chi connectivity index (χ2v) is 6.68. The lowest BCUT2D eigenvalue weighted by Gasteiger charge is -2.19. The minimum Gasteiger partial charge on any atom is -0.460 e. The lowest BCUT2D eigenvalue weighted by Crippen LogP contribution is -2.34. The Labute approximate surface area is 165 Å². The van der Waals surface area contributed by atoms with Gasteiger partial charge in [-0.05, 0) is 38.5 Å². The first-order valence-corrected chi connectivity index (χ1v) is 8.92. The van der Waals surface area contributed by atoms with Gasteiger partial charge in [-0.15, -0.1) is 0 Å². The van der Waals surface area contributed by atoms with Crippen LogP contribution < -0.4 is 5.32 Å². The Balaban J connectivity index is 2.27. The number of carbonyl (C=O) groups is 3. The molecule has 0 fully saturated rings. The third-order valence-electron chi connectivity index (χ3n) is 3.11. The van der Waals surface area contributed by atoms with E-state index in [1.165, 1.54) is 6.08 Å². The Hall–Kier alpha value is -2.93. The summed E-state index contributed by atoms with van der Waals surface area (Å²) < 4.78 is 15.4. The first-order chi connectivity index (χ1) is 13.3. The highest BCUT2D eigenvalue weighted by atomic mass is 16.6. The van der Waals surface area contributed by atoms with E-state index >= 15 is 0 Å². The first-order valence-electron chi connectivity index (χ1n) is 8.92. The maximum Gasteiger partial charge on any atom is 0.407 e. The number of ether oxygens (including phenoxy) is 3. The van der Waals surface area contributed by atoms with E-state index in [4.69, 9.17) is 14.2 Å². The van der Waals surface area contributed by atoms with Crippen LogP contribution in [0.1, 0.15) is 26.3 Å². The zero-order chi connectivity index (χ0) is 20.8. The van der Waals surface area contributed by atoms with Crippen LogP contribution >= 0.6 is 0 Å². The largest absolute Gasteiger partial charge is 0.460 e. The normalized spacial score (nSPS) is 11.9. The van der Waals surface area contributed by atoms with Gasteiger partial charge >= 0.3 is 12.1 Å². The summed E-state index contributed by atoms with van der Waals surface area (Å²) in [4.78, 5) is 34.2. The predicted molar refractivity (Wildman–Crippen MR) is 106 cm³/mol. The smallest absolute Gasteiger partial charge is 0.407 e. The number of benzene rings is 1. The van der Waals surface area contributed by atoms with Gasteiger partial charge in [0.1, 0.15) is 18.5 Å². The third kappa shape index (κ3) is 10.9. The number of allylic oxidation sites excluding steroid dienone is 1. The van der Waals surface area contributed by atoms with Crippen LogP contribution in [0.15, 0.2) is 48.1 Å². The van der Waals surface area contributed by atoms with E-state index in [0.29, 0.717) is 6.29 Å². The van der Waals surface area contributed by atoms with E-state index in [1.807, 2.05) is 30.3 Å². The van der Waals surface area contributed by atoms with Gasteiger partial charge < -0.3 is 19.5 Å². The molecule has 0 aliphatic rings. The quantitative estimate of drug-likeness (QED) is 0.218. The molecule has 0 atom stereocenters. The van der Waals surface area contributed by atoms with E-state index < -0.39 is 17.7 Å². The maximum atomic E-state index is 12.0. The van der Waals surface area contributed by atoms with Crippen molar-refractivity contribution in [3.63, 3.8) is 0 Å². The van der Waals surface area contributed by atoms with Crippen LogP contribution in [0.3, 0.4) is 0 Å². The van der Waals surface area contributed by atoms with Crippen molar-refractivity contribution in [2.45, 2.75) is 26.4 Å². The van der Waals surface area contributed by atoms with Crippen molar-refractivity contribution in [3.05, 3.63) is 53.6 Å². The Kier molecular flexibility index (Phi) is 10.3. The van der Waals surface area contributed by atoms with Crippen molar-refractivity contribution >= 4 is 24.4 Å². The molecule has 1 amide bonds. The molecule has 7 heteroatoms. The highest BCUT2D eigenvalue weighted by Gasteiger charge is 2.15. The maximum absolute atomic E-state index is 12.0. The molecule has 0 spiro atoms. The van der Waals surface area contributed by atoms with Gasteiger partial charge in [-0.25, -0.2) is 9.59 Å². The number of nitrogens with one attached hydrogen (secondary N) is 1. The molecule has 28 heavy (non-hydrogen) atoms. The molecule has 7 nitrogen and oxygen atoms in total. The van der Waals surface area contributed by atoms with E-state index in [-0.39, 0.29) is 31.9 Å². The highest BCUT2D eigenvalue weighted by Crippen LogP contribution is 2.07. The standard InChI is InChI=1S/C21H27NO6/c1-21(2,3)28-20(25)22-12-14-26-15-16-27-19(24)18(11-13-23)10-9-17-7-5-4-6-8-17/h4-11,13H,12,14-16H2,1-3H3,(H,22,25). The van der Waals surface area contributed by atoms with Crippen LogP contribution in [-0.2, 0) is 23.8 Å². The molecule has 0 aliphatic heterocycles. The van der Waals surface area contributed by atoms with E-state index in [0.717, 1.165) is 11.6 Å². The van der Waals surface area contributed by atoms with Crippen molar-refractivity contribution in [2.24, 2.45) is 0 Å². The molecular weight excluding hydrogens is 362 g/mol.